The molecule has 1 aliphatic heterocycles. The van der Waals surface area contributed by atoms with Crippen molar-refractivity contribution in [2.75, 3.05) is 18.8 Å². The highest BCUT2D eigenvalue weighted by Crippen LogP contribution is 2.12. The number of aromatic nitrogens is 2. The second kappa shape index (κ2) is 4.99. The number of hydrogen-bond donors (Lipinski definition) is 0. The van der Waals surface area contributed by atoms with Gasteiger partial charge in [-0.25, -0.2) is 17.7 Å². The molecule has 0 aliphatic carbocycles. The minimum Gasteiger partial charge on any atom is -0.297 e. The van der Waals surface area contributed by atoms with Gasteiger partial charge in [-0.15, -0.1) is 0 Å². The fourth-order valence-electron chi connectivity index (χ4n) is 2.43. The van der Waals surface area contributed by atoms with E-state index >= 15 is 0 Å². The summed E-state index contributed by atoms with van der Waals surface area (Å²) in [6.07, 6.45) is 2.14. The molecule has 0 saturated carbocycles. The van der Waals surface area contributed by atoms with Crippen LogP contribution in [-0.2, 0) is 16.6 Å². The molecule has 1 aliphatic rings. The van der Waals surface area contributed by atoms with Crippen molar-refractivity contribution in [1.29, 1.82) is 0 Å². The van der Waals surface area contributed by atoms with E-state index < -0.39 is 10.0 Å². The fraction of sp³-hybridized carbons (Fsp3) is 0.385. The standard InChI is InChI=1S/C13H15N3O3S/c17-13-11-4-1-2-5-12(11)14-10-15(13)7-8-16-6-3-9-20(16,18)19/h1-2,4-5,10H,3,6-9H2. The van der Waals surface area contributed by atoms with Crippen LogP contribution in [0.2, 0.25) is 0 Å². The fourth-order valence-corrected chi connectivity index (χ4v) is 3.95. The molecule has 2 heterocycles. The molecule has 7 heteroatoms. The van der Waals surface area contributed by atoms with E-state index in [0.717, 1.165) is 0 Å². The zero-order valence-electron chi connectivity index (χ0n) is 10.9. The minimum absolute atomic E-state index is 0.132. The Morgan fingerprint density at radius 1 is 1.20 bits per heavy atom. The van der Waals surface area contributed by atoms with Crippen LogP contribution in [0.3, 0.4) is 0 Å². The maximum atomic E-state index is 12.2. The Bertz CT molecular complexity index is 798. The third kappa shape index (κ3) is 2.34. The molecule has 0 N–H and O–H groups in total. The lowest BCUT2D eigenvalue weighted by Crippen LogP contribution is -2.32. The number of hydrogen-bond acceptors (Lipinski definition) is 4. The van der Waals surface area contributed by atoms with Gasteiger partial charge in [-0.1, -0.05) is 12.1 Å². The van der Waals surface area contributed by atoms with Crippen LogP contribution in [-0.4, -0.2) is 41.1 Å². The number of rotatable bonds is 3. The van der Waals surface area contributed by atoms with Gasteiger partial charge in [-0.2, -0.15) is 0 Å². The summed E-state index contributed by atoms with van der Waals surface area (Å²) < 4.78 is 26.3. The van der Waals surface area contributed by atoms with Crippen molar-refractivity contribution < 1.29 is 8.42 Å². The van der Waals surface area contributed by atoms with Crippen molar-refractivity contribution in [1.82, 2.24) is 13.9 Å². The van der Waals surface area contributed by atoms with Crippen molar-refractivity contribution in [3.8, 4) is 0 Å². The molecule has 0 atom stereocenters. The van der Waals surface area contributed by atoms with Crippen LogP contribution in [0.1, 0.15) is 6.42 Å². The van der Waals surface area contributed by atoms with E-state index in [2.05, 4.69) is 4.98 Å². The maximum Gasteiger partial charge on any atom is 0.261 e. The van der Waals surface area contributed by atoms with Gasteiger partial charge in [0.15, 0.2) is 0 Å². The van der Waals surface area contributed by atoms with Crippen LogP contribution >= 0.6 is 0 Å². The van der Waals surface area contributed by atoms with Gasteiger partial charge < -0.3 is 0 Å². The van der Waals surface area contributed by atoms with E-state index in [4.69, 9.17) is 0 Å². The van der Waals surface area contributed by atoms with E-state index in [0.29, 0.717) is 37.0 Å². The van der Waals surface area contributed by atoms with E-state index in [1.54, 1.807) is 18.2 Å². The number of sulfonamides is 1. The third-order valence-corrected chi connectivity index (χ3v) is 5.48. The van der Waals surface area contributed by atoms with Gasteiger partial charge in [-0.3, -0.25) is 9.36 Å². The first kappa shape index (κ1) is 13.3. The largest absolute Gasteiger partial charge is 0.297 e. The lowest BCUT2D eigenvalue weighted by Gasteiger charge is -2.14. The second-order valence-corrected chi connectivity index (χ2v) is 6.92. The Morgan fingerprint density at radius 2 is 2.00 bits per heavy atom. The Balaban J connectivity index is 1.85. The Kier molecular flexibility index (Phi) is 3.31. The first-order chi connectivity index (χ1) is 9.58. The van der Waals surface area contributed by atoms with Gasteiger partial charge in [0.1, 0.15) is 0 Å². The molecule has 0 unspecified atom stereocenters. The zero-order chi connectivity index (χ0) is 14.2. The highest BCUT2D eigenvalue weighted by atomic mass is 32.2. The predicted octanol–water partition coefficient (Wildman–Crippen LogP) is 0.432. The van der Waals surface area contributed by atoms with Gasteiger partial charge in [-0.05, 0) is 18.6 Å². The van der Waals surface area contributed by atoms with Crippen molar-refractivity contribution in [2.24, 2.45) is 0 Å². The van der Waals surface area contributed by atoms with Crippen LogP contribution in [0.25, 0.3) is 10.9 Å². The summed E-state index contributed by atoms with van der Waals surface area (Å²) >= 11 is 0. The van der Waals surface area contributed by atoms with Crippen molar-refractivity contribution in [3.63, 3.8) is 0 Å². The van der Waals surface area contributed by atoms with Crippen LogP contribution in [0, 0.1) is 0 Å². The third-order valence-electron chi connectivity index (χ3n) is 3.53. The number of benzene rings is 1. The lowest BCUT2D eigenvalue weighted by atomic mass is 10.2. The molecule has 1 aromatic carbocycles. The van der Waals surface area contributed by atoms with Gasteiger partial charge in [0.05, 0.1) is 23.0 Å². The first-order valence-corrected chi connectivity index (χ1v) is 8.11. The van der Waals surface area contributed by atoms with Gasteiger partial charge in [0.25, 0.3) is 5.56 Å². The summed E-state index contributed by atoms with van der Waals surface area (Å²) in [4.78, 5) is 16.5. The molecule has 1 fully saturated rings. The highest BCUT2D eigenvalue weighted by molar-refractivity contribution is 7.89. The van der Waals surface area contributed by atoms with E-state index in [-0.39, 0.29) is 11.3 Å². The van der Waals surface area contributed by atoms with Crippen LogP contribution in [0.4, 0.5) is 0 Å². The molecule has 0 spiro atoms. The minimum atomic E-state index is -3.12. The van der Waals surface area contributed by atoms with Crippen LogP contribution in [0.5, 0.6) is 0 Å². The molecule has 3 rings (SSSR count). The molecular weight excluding hydrogens is 278 g/mol. The zero-order valence-corrected chi connectivity index (χ0v) is 11.7. The smallest absolute Gasteiger partial charge is 0.261 e. The summed E-state index contributed by atoms with van der Waals surface area (Å²) in [5, 5.41) is 0.555. The highest BCUT2D eigenvalue weighted by Gasteiger charge is 2.27. The second-order valence-electron chi connectivity index (χ2n) is 4.83. The molecule has 106 valence electrons. The van der Waals surface area contributed by atoms with E-state index in [9.17, 15) is 13.2 Å². The van der Waals surface area contributed by atoms with Gasteiger partial charge in [0, 0.05) is 19.6 Å². The Labute approximate surface area is 116 Å². The number of para-hydroxylation sites is 1. The van der Waals surface area contributed by atoms with E-state index in [1.165, 1.54) is 15.2 Å². The van der Waals surface area contributed by atoms with Crippen molar-refractivity contribution in [2.45, 2.75) is 13.0 Å². The summed E-state index contributed by atoms with van der Waals surface area (Å²) in [5.74, 6) is 0.206. The topological polar surface area (TPSA) is 72.3 Å². The molecule has 0 amide bonds. The average molecular weight is 293 g/mol. The predicted molar refractivity (Wildman–Crippen MR) is 76.0 cm³/mol. The summed E-state index contributed by atoms with van der Waals surface area (Å²) in [7, 11) is -3.12. The van der Waals surface area contributed by atoms with Crippen molar-refractivity contribution >= 4 is 20.9 Å². The monoisotopic (exact) mass is 293 g/mol. The van der Waals surface area contributed by atoms with Gasteiger partial charge in [0.2, 0.25) is 10.0 Å². The normalized spacial score (nSPS) is 18.6. The van der Waals surface area contributed by atoms with E-state index in [1.807, 2.05) is 6.07 Å². The lowest BCUT2D eigenvalue weighted by molar-refractivity contribution is 0.416. The van der Waals surface area contributed by atoms with Crippen LogP contribution < -0.4 is 5.56 Å². The number of fused-ring (bicyclic) bond motifs is 1. The molecule has 1 saturated heterocycles. The molecule has 6 nitrogen and oxygen atoms in total. The molecule has 20 heavy (non-hydrogen) atoms. The Morgan fingerprint density at radius 3 is 2.75 bits per heavy atom. The molecule has 1 aromatic heterocycles. The number of nitrogens with zero attached hydrogens (tertiary/aromatic N) is 3. The molecule has 2 aromatic rings. The quantitative estimate of drug-likeness (QED) is 0.823. The van der Waals surface area contributed by atoms with Gasteiger partial charge >= 0.3 is 0 Å². The first-order valence-electron chi connectivity index (χ1n) is 6.50. The summed E-state index contributed by atoms with van der Waals surface area (Å²) in [5.41, 5.74) is 0.523. The van der Waals surface area contributed by atoms with Crippen molar-refractivity contribution in [3.05, 3.63) is 40.9 Å². The Hall–Kier alpha value is -1.73. The SMILES string of the molecule is O=c1c2ccccc2ncn1CCN1CCCS1(=O)=O. The summed E-state index contributed by atoms with van der Waals surface area (Å²) in [6, 6.07) is 7.14. The molecular formula is C13H15N3O3S. The average Bonchev–Trinajstić information content (AvgIpc) is 2.77. The molecule has 0 radical (unpaired) electrons. The molecule has 0 bridgehead atoms. The maximum absolute atomic E-state index is 12.2. The summed E-state index contributed by atoms with van der Waals surface area (Å²) in [6.45, 7) is 1.19. The van der Waals surface area contributed by atoms with Crippen LogP contribution in [0.15, 0.2) is 35.4 Å².